The van der Waals surface area contributed by atoms with Crippen molar-refractivity contribution in [3.63, 3.8) is 0 Å². The number of hydrogen-bond donors (Lipinski definition) is 1. The molecule has 26 heavy (non-hydrogen) atoms. The maximum atomic E-state index is 10.2. The van der Waals surface area contributed by atoms with Gasteiger partial charge in [0.15, 0.2) is 5.41 Å². The van der Waals surface area contributed by atoms with E-state index in [2.05, 4.69) is 23.2 Å². The van der Waals surface area contributed by atoms with Gasteiger partial charge >= 0.3 is 0 Å². The van der Waals surface area contributed by atoms with Crippen LogP contribution in [0.25, 0.3) is 0 Å². The predicted octanol–water partition coefficient (Wildman–Crippen LogP) is 2.98. The van der Waals surface area contributed by atoms with Crippen LogP contribution in [-0.2, 0) is 9.47 Å². The lowest BCUT2D eigenvalue weighted by molar-refractivity contribution is -0.284. The van der Waals surface area contributed by atoms with Gasteiger partial charge in [-0.1, -0.05) is 12.8 Å². The largest absolute Gasteiger partial charge is 0.447 e. The van der Waals surface area contributed by atoms with Crippen molar-refractivity contribution in [2.75, 3.05) is 0 Å². The van der Waals surface area contributed by atoms with E-state index >= 15 is 0 Å². The first-order valence-corrected chi connectivity index (χ1v) is 8.70. The standard InChI is InChI=1S/C19H17N5O2/c20-10-17(11-21)15(13-5-8-24-9-6-13)25-19-7-3-1-2-4-14(19)18(17,12-22)16(23)26-19/h5-6,8-9,14-15,23H,1-4,7H2/t14-,15-,18+,19+/m0/s1. The molecule has 7 heteroatoms. The van der Waals surface area contributed by atoms with Gasteiger partial charge in [-0.25, -0.2) is 0 Å². The van der Waals surface area contributed by atoms with Gasteiger partial charge in [-0.15, -0.1) is 0 Å². The van der Waals surface area contributed by atoms with Crippen LogP contribution in [0.3, 0.4) is 0 Å². The molecule has 0 unspecified atom stereocenters. The van der Waals surface area contributed by atoms with Gasteiger partial charge in [0.05, 0.1) is 24.1 Å². The van der Waals surface area contributed by atoms with E-state index < -0.39 is 28.6 Å². The molecule has 4 rings (SSSR count). The minimum atomic E-state index is -1.87. The SMILES string of the molecule is N#CC1(C#N)[C@H](c2ccncc2)O[C@@]23CCCCC[C@H]2[C@]1(C#N)C(=N)O3. The van der Waals surface area contributed by atoms with Gasteiger partial charge in [-0.2, -0.15) is 15.8 Å². The average molecular weight is 347 g/mol. The van der Waals surface area contributed by atoms with Crippen LogP contribution in [-0.4, -0.2) is 16.7 Å². The Morgan fingerprint density at radius 3 is 2.46 bits per heavy atom. The predicted molar refractivity (Wildman–Crippen MR) is 87.9 cm³/mol. The maximum absolute atomic E-state index is 10.2. The molecule has 3 heterocycles. The molecule has 130 valence electrons. The molecular weight excluding hydrogens is 330 g/mol. The summed E-state index contributed by atoms with van der Waals surface area (Å²) >= 11 is 0. The summed E-state index contributed by atoms with van der Waals surface area (Å²) < 4.78 is 12.2. The first-order chi connectivity index (χ1) is 12.6. The van der Waals surface area contributed by atoms with Gasteiger partial charge in [0.2, 0.25) is 17.1 Å². The van der Waals surface area contributed by atoms with Crippen LogP contribution in [0.1, 0.15) is 43.8 Å². The molecule has 1 aromatic rings. The fourth-order valence-corrected chi connectivity index (χ4v) is 4.88. The third kappa shape index (κ3) is 1.72. The monoisotopic (exact) mass is 347 g/mol. The summed E-state index contributed by atoms with van der Waals surface area (Å²) in [5.41, 5.74) is -2.93. The highest BCUT2D eigenvalue weighted by atomic mass is 16.7. The number of hydrogen-bond acceptors (Lipinski definition) is 7. The quantitative estimate of drug-likeness (QED) is 0.832. The number of pyridine rings is 1. The van der Waals surface area contributed by atoms with Crippen molar-refractivity contribution in [2.24, 2.45) is 16.7 Å². The lowest BCUT2D eigenvalue weighted by atomic mass is 9.52. The van der Waals surface area contributed by atoms with Crippen LogP contribution in [0.15, 0.2) is 24.5 Å². The van der Waals surface area contributed by atoms with Crippen molar-refractivity contribution in [1.29, 1.82) is 21.2 Å². The molecular formula is C19H17N5O2. The van der Waals surface area contributed by atoms with Gasteiger partial charge in [-0.05, 0) is 30.5 Å². The van der Waals surface area contributed by atoms with Crippen LogP contribution in [0.2, 0.25) is 0 Å². The first kappa shape index (κ1) is 16.5. The third-order valence-electron chi connectivity index (χ3n) is 6.08. The van der Waals surface area contributed by atoms with Crippen LogP contribution in [0.5, 0.6) is 0 Å². The molecule has 7 nitrogen and oxygen atoms in total. The number of ether oxygens (including phenoxy) is 2. The van der Waals surface area contributed by atoms with Gasteiger partial charge in [0.25, 0.3) is 0 Å². The number of nitrogens with one attached hydrogen (secondary N) is 1. The van der Waals surface area contributed by atoms with Crippen molar-refractivity contribution in [2.45, 2.75) is 44.0 Å². The van der Waals surface area contributed by atoms with Crippen molar-refractivity contribution in [3.05, 3.63) is 30.1 Å². The van der Waals surface area contributed by atoms with E-state index in [0.29, 0.717) is 18.4 Å². The molecule has 2 saturated heterocycles. The highest BCUT2D eigenvalue weighted by Crippen LogP contribution is 2.68. The molecule has 0 amide bonds. The highest BCUT2D eigenvalue weighted by Gasteiger charge is 2.80. The first-order valence-electron chi connectivity index (χ1n) is 8.70. The number of rotatable bonds is 1. The Morgan fingerprint density at radius 1 is 1.08 bits per heavy atom. The Labute approximate surface area is 151 Å². The fourth-order valence-electron chi connectivity index (χ4n) is 4.88. The molecule has 0 spiro atoms. The van der Waals surface area contributed by atoms with E-state index in [-0.39, 0.29) is 5.90 Å². The Hall–Kier alpha value is -2.95. The number of aromatic nitrogens is 1. The Morgan fingerprint density at radius 2 is 1.81 bits per heavy atom. The second kappa shape index (κ2) is 5.53. The van der Waals surface area contributed by atoms with Gasteiger partial charge in [0.1, 0.15) is 6.10 Å². The minimum absolute atomic E-state index is 0.313. The lowest BCUT2D eigenvalue weighted by Gasteiger charge is -2.49. The average Bonchev–Trinajstić information content (AvgIpc) is 2.81. The molecule has 3 fully saturated rings. The van der Waals surface area contributed by atoms with Crippen LogP contribution < -0.4 is 0 Å². The molecule has 3 aliphatic rings. The molecule has 2 aliphatic heterocycles. The maximum Gasteiger partial charge on any atom is 0.217 e. The summed E-state index contributed by atoms with van der Waals surface area (Å²) in [7, 11) is 0. The summed E-state index contributed by atoms with van der Waals surface area (Å²) in [5, 5.41) is 38.8. The molecule has 0 aromatic carbocycles. The molecule has 2 bridgehead atoms. The van der Waals surface area contributed by atoms with Gasteiger partial charge < -0.3 is 9.47 Å². The zero-order valence-electron chi connectivity index (χ0n) is 14.1. The number of nitriles is 3. The normalized spacial score (nSPS) is 37.2. The van der Waals surface area contributed by atoms with Crippen molar-refractivity contribution in [1.82, 2.24) is 4.98 Å². The van der Waals surface area contributed by atoms with E-state index in [0.717, 1.165) is 19.3 Å². The second-order valence-electron chi connectivity index (χ2n) is 7.12. The third-order valence-corrected chi connectivity index (χ3v) is 6.08. The Bertz CT molecular complexity index is 866. The summed E-state index contributed by atoms with van der Waals surface area (Å²) in [6.07, 6.45) is 5.92. The molecule has 1 aromatic heterocycles. The summed E-state index contributed by atoms with van der Waals surface area (Å²) in [5.74, 6) is -1.95. The Kier molecular flexibility index (Phi) is 3.51. The highest BCUT2D eigenvalue weighted by molar-refractivity contribution is 5.89. The van der Waals surface area contributed by atoms with Gasteiger partial charge in [0, 0.05) is 18.8 Å². The molecule has 0 radical (unpaired) electrons. The zero-order chi connectivity index (χ0) is 18.4. The van der Waals surface area contributed by atoms with E-state index in [1.165, 1.54) is 0 Å². The summed E-state index contributed by atoms with van der Waals surface area (Å²) in [4.78, 5) is 3.98. The van der Waals surface area contributed by atoms with Crippen LogP contribution in [0, 0.1) is 56.2 Å². The molecule has 4 atom stereocenters. The van der Waals surface area contributed by atoms with E-state index in [1.54, 1.807) is 24.5 Å². The van der Waals surface area contributed by atoms with E-state index in [4.69, 9.17) is 14.9 Å². The summed E-state index contributed by atoms with van der Waals surface area (Å²) in [6.45, 7) is 0. The molecule has 1 N–H and O–H groups in total. The molecule has 1 saturated carbocycles. The van der Waals surface area contributed by atoms with Gasteiger partial charge in [-0.3, -0.25) is 10.4 Å². The van der Waals surface area contributed by atoms with Crippen molar-refractivity contribution >= 4 is 5.90 Å². The van der Waals surface area contributed by atoms with E-state index in [1.807, 2.05) is 0 Å². The van der Waals surface area contributed by atoms with Crippen LogP contribution in [0.4, 0.5) is 0 Å². The smallest absolute Gasteiger partial charge is 0.217 e. The van der Waals surface area contributed by atoms with Crippen molar-refractivity contribution < 1.29 is 9.47 Å². The second-order valence-corrected chi connectivity index (χ2v) is 7.12. The lowest BCUT2D eigenvalue weighted by Crippen LogP contribution is -2.59. The Balaban J connectivity index is 2.01. The van der Waals surface area contributed by atoms with E-state index in [9.17, 15) is 15.8 Å². The zero-order valence-corrected chi connectivity index (χ0v) is 14.1. The summed E-state index contributed by atoms with van der Waals surface area (Å²) in [6, 6.07) is 9.67. The fraction of sp³-hybridized carbons (Fsp3) is 0.526. The van der Waals surface area contributed by atoms with Crippen molar-refractivity contribution in [3.8, 4) is 18.2 Å². The molecule has 1 aliphatic carbocycles. The number of nitrogens with zero attached hydrogens (tertiary/aromatic N) is 4. The topological polar surface area (TPSA) is 127 Å². The van der Waals surface area contributed by atoms with Crippen LogP contribution >= 0.6 is 0 Å². The minimum Gasteiger partial charge on any atom is -0.447 e.